The predicted molar refractivity (Wildman–Crippen MR) is 81.6 cm³/mol. The molecule has 20 heavy (non-hydrogen) atoms. The van der Waals surface area contributed by atoms with Gasteiger partial charge in [0.05, 0.1) is 18.4 Å². The molecule has 0 bridgehead atoms. The number of hydrogen-bond acceptors (Lipinski definition) is 4. The van der Waals surface area contributed by atoms with Crippen molar-refractivity contribution in [1.29, 1.82) is 0 Å². The zero-order valence-corrected chi connectivity index (χ0v) is 12.7. The lowest BCUT2D eigenvalue weighted by molar-refractivity contribution is 0.0343. The molecular weight excluding hydrogens is 252 g/mol. The van der Waals surface area contributed by atoms with Crippen molar-refractivity contribution in [3.8, 4) is 0 Å². The minimum atomic E-state index is -0.465. The molecule has 1 rings (SSSR count). The molecule has 0 aliphatic carbocycles. The monoisotopic (exact) mass is 280 g/mol. The van der Waals surface area contributed by atoms with Gasteiger partial charge in [-0.1, -0.05) is 32.3 Å². The van der Waals surface area contributed by atoms with Gasteiger partial charge in [0.25, 0.3) is 0 Å². The van der Waals surface area contributed by atoms with Crippen LogP contribution >= 0.6 is 0 Å². The number of pyridine rings is 1. The second-order valence-corrected chi connectivity index (χ2v) is 5.17. The number of aromatic nitrogens is 1. The van der Waals surface area contributed by atoms with Gasteiger partial charge in [0.2, 0.25) is 0 Å². The van der Waals surface area contributed by atoms with Crippen molar-refractivity contribution < 1.29 is 9.84 Å². The van der Waals surface area contributed by atoms with Crippen molar-refractivity contribution in [2.24, 2.45) is 0 Å². The molecule has 4 heteroatoms. The van der Waals surface area contributed by atoms with Crippen LogP contribution in [-0.2, 0) is 4.74 Å². The SMILES string of the molecule is CCCCCCOCC(O)CNC(C)c1ccccn1. The number of nitrogens with one attached hydrogen (secondary N) is 1. The summed E-state index contributed by atoms with van der Waals surface area (Å²) in [4.78, 5) is 4.29. The molecule has 0 saturated heterocycles. The fourth-order valence-corrected chi connectivity index (χ4v) is 1.96. The second-order valence-electron chi connectivity index (χ2n) is 5.17. The Kier molecular flexibility index (Phi) is 9.20. The number of aliphatic hydroxyl groups excluding tert-OH is 1. The van der Waals surface area contributed by atoms with Gasteiger partial charge in [0, 0.05) is 25.4 Å². The van der Waals surface area contributed by atoms with E-state index in [1.807, 2.05) is 25.1 Å². The van der Waals surface area contributed by atoms with Crippen LogP contribution in [0.5, 0.6) is 0 Å². The molecule has 2 atom stereocenters. The summed E-state index contributed by atoms with van der Waals surface area (Å²) in [6.45, 7) is 5.90. The Morgan fingerprint density at radius 3 is 2.85 bits per heavy atom. The molecule has 0 spiro atoms. The molecule has 0 aromatic carbocycles. The molecule has 1 aromatic rings. The fourth-order valence-electron chi connectivity index (χ4n) is 1.96. The maximum atomic E-state index is 9.84. The van der Waals surface area contributed by atoms with Crippen LogP contribution in [0.4, 0.5) is 0 Å². The van der Waals surface area contributed by atoms with Crippen molar-refractivity contribution >= 4 is 0 Å². The van der Waals surface area contributed by atoms with Crippen molar-refractivity contribution in [3.05, 3.63) is 30.1 Å². The van der Waals surface area contributed by atoms with E-state index in [1.54, 1.807) is 6.20 Å². The van der Waals surface area contributed by atoms with Gasteiger partial charge in [-0.25, -0.2) is 0 Å². The van der Waals surface area contributed by atoms with Crippen LogP contribution in [0.3, 0.4) is 0 Å². The molecule has 114 valence electrons. The van der Waals surface area contributed by atoms with E-state index in [9.17, 15) is 5.11 Å². The van der Waals surface area contributed by atoms with Crippen LogP contribution in [0.15, 0.2) is 24.4 Å². The van der Waals surface area contributed by atoms with Gasteiger partial charge in [-0.3, -0.25) is 4.98 Å². The van der Waals surface area contributed by atoms with Gasteiger partial charge in [0.15, 0.2) is 0 Å². The molecule has 0 radical (unpaired) electrons. The van der Waals surface area contributed by atoms with E-state index < -0.39 is 6.10 Å². The first kappa shape index (κ1) is 17.1. The highest BCUT2D eigenvalue weighted by Gasteiger charge is 2.09. The van der Waals surface area contributed by atoms with Crippen molar-refractivity contribution in [2.45, 2.75) is 51.7 Å². The van der Waals surface area contributed by atoms with Gasteiger partial charge in [-0.15, -0.1) is 0 Å². The summed E-state index contributed by atoms with van der Waals surface area (Å²) in [6, 6.07) is 5.98. The van der Waals surface area contributed by atoms with Gasteiger partial charge < -0.3 is 15.2 Å². The largest absolute Gasteiger partial charge is 0.389 e. The first-order valence-corrected chi connectivity index (χ1v) is 7.64. The lowest BCUT2D eigenvalue weighted by Gasteiger charge is -2.17. The summed E-state index contributed by atoms with van der Waals surface area (Å²) in [5.41, 5.74) is 0.986. The molecule has 0 saturated carbocycles. The summed E-state index contributed by atoms with van der Waals surface area (Å²) in [6.07, 6.45) is 6.10. The Labute approximate surface area is 122 Å². The predicted octanol–water partition coefficient (Wildman–Crippen LogP) is 2.69. The van der Waals surface area contributed by atoms with E-state index >= 15 is 0 Å². The standard InChI is InChI=1S/C16H28N2O2/c1-3-4-5-8-11-20-13-15(19)12-18-14(2)16-9-6-7-10-17-16/h6-7,9-10,14-15,18-19H,3-5,8,11-13H2,1-2H3. The lowest BCUT2D eigenvalue weighted by Crippen LogP contribution is -2.32. The zero-order chi connectivity index (χ0) is 14.6. The van der Waals surface area contributed by atoms with E-state index in [4.69, 9.17) is 4.74 Å². The second kappa shape index (κ2) is 10.8. The minimum absolute atomic E-state index is 0.135. The molecule has 0 fully saturated rings. The minimum Gasteiger partial charge on any atom is -0.389 e. The average Bonchev–Trinajstić information content (AvgIpc) is 2.49. The van der Waals surface area contributed by atoms with E-state index in [-0.39, 0.29) is 6.04 Å². The molecule has 2 N–H and O–H groups in total. The van der Waals surface area contributed by atoms with Crippen molar-refractivity contribution in [2.75, 3.05) is 19.8 Å². The Bertz CT molecular complexity index is 333. The zero-order valence-electron chi connectivity index (χ0n) is 12.7. The molecule has 0 amide bonds. The van der Waals surface area contributed by atoms with Gasteiger partial charge >= 0.3 is 0 Å². The quantitative estimate of drug-likeness (QED) is 0.612. The number of hydrogen-bond donors (Lipinski definition) is 2. The Hall–Kier alpha value is -0.970. The number of nitrogens with zero attached hydrogens (tertiary/aromatic N) is 1. The Morgan fingerprint density at radius 2 is 2.15 bits per heavy atom. The normalized spacial score (nSPS) is 14.2. The first-order valence-electron chi connectivity index (χ1n) is 7.64. The summed E-state index contributed by atoms with van der Waals surface area (Å²) >= 11 is 0. The third-order valence-corrected chi connectivity index (χ3v) is 3.24. The molecule has 2 unspecified atom stereocenters. The third-order valence-electron chi connectivity index (χ3n) is 3.24. The molecule has 0 aliphatic heterocycles. The first-order chi connectivity index (χ1) is 9.74. The highest BCUT2D eigenvalue weighted by Crippen LogP contribution is 2.07. The maximum Gasteiger partial charge on any atom is 0.0897 e. The van der Waals surface area contributed by atoms with Crippen molar-refractivity contribution in [1.82, 2.24) is 10.3 Å². The molecule has 1 heterocycles. The smallest absolute Gasteiger partial charge is 0.0897 e. The van der Waals surface area contributed by atoms with Crippen LogP contribution < -0.4 is 5.32 Å². The highest BCUT2D eigenvalue weighted by atomic mass is 16.5. The van der Waals surface area contributed by atoms with Gasteiger partial charge in [-0.05, 0) is 25.5 Å². The summed E-state index contributed by atoms with van der Waals surface area (Å²) < 4.78 is 5.47. The molecule has 1 aromatic heterocycles. The Morgan fingerprint density at radius 1 is 1.30 bits per heavy atom. The fraction of sp³-hybridized carbons (Fsp3) is 0.688. The number of unbranched alkanes of at least 4 members (excludes halogenated alkanes) is 3. The van der Waals surface area contributed by atoms with E-state index in [1.165, 1.54) is 19.3 Å². The highest BCUT2D eigenvalue weighted by molar-refractivity contribution is 5.07. The summed E-state index contributed by atoms with van der Waals surface area (Å²) in [5.74, 6) is 0. The van der Waals surface area contributed by atoms with E-state index in [0.29, 0.717) is 13.2 Å². The number of aliphatic hydroxyl groups is 1. The van der Waals surface area contributed by atoms with Crippen LogP contribution in [0.25, 0.3) is 0 Å². The number of rotatable bonds is 11. The van der Waals surface area contributed by atoms with Crippen LogP contribution in [0.1, 0.15) is 51.3 Å². The van der Waals surface area contributed by atoms with Crippen molar-refractivity contribution in [3.63, 3.8) is 0 Å². The van der Waals surface area contributed by atoms with E-state index in [2.05, 4.69) is 17.2 Å². The van der Waals surface area contributed by atoms with Crippen LogP contribution in [0, 0.1) is 0 Å². The lowest BCUT2D eigenvalue weighted by atomic mass is 10.2. The van der Waals surface area contributed by atoms with Crippen LogP contribution in [-0.4, -0.2) is 36.0 Å². The third kappa shape index (κ3) is 7.58. The van der Waals surface area contributed by atoms with Gasteiger partial charge in [0.1, 0.15) is 0 Å². The van der Waals surface area contributed by atoms with E-state index in [0.717, 1.165) is 18.7 Å². The van der Waals surface area contributed by atoms with Crippen LogP contribution in [0.2, 0.25) is 0 Å². The summed E-state index contributed by atoms with van der Waals surface area (Å²) in [5, 5.41) is 13.1. The summed E-state index contributed by atoms with van der Waals surface area (Å²) in [7, 11) is 0. The topological polar surface area (TPSA) is 54.4 Å². The van der Waals surface area contributed by atoms with Gasteiger partial charge in [-0.2, -0.15) is 0 Å². The molecule has 4 nitrogen and oxygen atoms in total. The average molecular weight is 280 g/mol. The molecule has 0 aliphatic rings. The Balaban J connectivity index is 2.06. The molecular formula is C16H28N2O2. The number of ether oxygens (including phenoxy) is 1. The maximum absolute atomic E-state index is 9.84.